The number of hydrogen-bond acceptors (Lipinski definition) is 6. The molecule has 2 heterocycles. The molecule has 142 valence electrons. The first kappa shape index (κ1) is 18.2. The molecule has 0 fully saturated rings. The molecule has 0 saturated heterocycles. The van der Waals surface area contributed by atoms with E-state index in [0.29, 0.717) is 27.7 Å². The predicted molar refractivity (Wildman–Crippen MR) is 110 cm³/mol. The van der Waals surface area contributed by atoms with Gasteiger partial charge in [0, 0.05) is 0 Å². The third kappa shape index (κ3) is 3.48. The smallest absolute Gasteiger partial charge is 0.291 e. The second-order valence-electron chi connectivity index (χ2n) is 6.16. The van der Waals surface area contributed by atoms with E-state index in [0.717, 1.165) is 23.3 Å². The molecule has 28 heavy (non-hydrogen) atoms. The van der Waals surface area contributed by atoms with Crippen LogP contribution in [-0.2, 0) is 0 Å². The van der Waals surface area contributed by atoms with Crippen molar-refractivity contribution >= 4 is 22.4 Å². The Balaban J connectivity index is 1.68. The van der Waals surface area contributed by atoms with E-state index in [1.165, 1.54) is 15.9 Å². The van der Waals surface area contributed by atoms with Crippen molar-refractivity contribution < 1.29 is 9.47 Å². The van der Waals surface area contributed by atoms with E-state index in [9.17, 15) is 4.79 Å². The molecule has 0 bridgehead atoms. The minimum Gasteiger partial charge on any atom is -0.496 e. The number of para-hydroxylation sites is 1. The third-order valence-electron chi connectivity index (χ3n) is 4.18. The van der Waals surface area contributed by atoms with Crippen LogP contribution in [0.4, 0.5) is 0 Å². The Morgan fingerprint density at radius 1 is 1.14 bits per heavy atom. The van der Waals surface area contributed by atoms with Crippen LogP contribution in [0.1, 0.15) is 18.9 Å². The van der Waals surface area contributed by atoms with Crippen LogP contribution in [0.5, 0.6) is 11.5 Å². The molecular formula is C21H19N3O3S. The van der Waals surface area contributed by atoms with Crippen molar-refractivity contribution in [3.8, 4) is 22.9 Å². The van der Waals surface area contributed by atoms with Gasteiger partial charge in [0.05, 0.1) is 23.8 Å². The van der Waals surface area contributed by atoms with Gasteiger partial charge in [-0.15, -0.1) is 5.10 Å². The number of aromatic nitrogens is 3. The Kier molecular flexibility index (Phi) is 5.08. The second kappa shape index (κ2) is 7.82. The molecule has 0 saturated carbocycles. The minimum absolute atomic E-state index is 0.181. The summed E-state index contributed by atoms with van der Waals surface area (Å²) in [4.78, 5) is 17.8. The molecule has 0 atom stereocenters. The Morgan fingerprint density at radius 3 is 2.64 bits per heavy atom. The van der Waals surface area contributed by atoms with Crippen LogP contribution >= 0.6 is 11.3 Å². The van der Waals surface area contributed by atoms with Gasteiger partial charge in [-0.05, 0) is 42.3 Å². The fourth-order valence-electron chi connectivity index (χ4n) is 2.81. The van der Waals surface area contributed by atoms with Gasteiger partial charge in [-0.1, -0.05) is 42.5 Å². The Morgan fingerprint density at radius 2 is 1.93 bits per heavy atom. The van der Waals surface area contributed by atoms with Crippen molar-refractivity contribution in [3.05, 3.63) is 69.0 Å². The standard InChI is InChI=1S/C21H19N3O3S/c1-3-12-27-15-10-8-14(9-11-15)13-18-20(25)24-21(28-18)22-19(23-24)16-6-4-5-7-17(16)26-2/h4-11,13H,3,12H2,1-2H3. The lowest BCUT2D eigenvalue weighted by molar-refractivity contribution is 0.317. The van der Waals surface area contributed by atoms with Crippen molar-refractivity contribution in [3.63, 3.8) is 0 Å². The zero-order valence-corrected chi connectivity index (χ0v) is 16.4. The number of ether oxygens (including phenoxy) is 2. The number of hydrogen-bond donors (Lipinski definition) is 0. The molecule has 0 aliphatic carbocycles. The van der Waals surface area contributed by atoms with Gasteiger partial charge in [-0.2, -0.15) is 9.50 Å². The van der Waals surface area contributed by atoms with Crippen LogP contribution in [0.15, 0.2) is 53.3 Å². The van der Waals surface area contributed by atoms with E-state index in [1.54, 1.807) is 7.11 Å². The average Bonchev–Trinajstić information content (AvgIpc) is 3.27. The van der Waals surface area contributed by atoms with Crippen molar-refractivity contribution in [2.24, 2.45) is 0 Å². The van der Waals surface area contributed by atoms with Gasteiger partial charge in [0.1, 0.15) is 11.5 Å². The predicted octanol–water partition coefficient (Wildman–Crippen LogP) is 3.16. The maximum absolute atomic E-state index is 12.7. The number of thiazole rings is 1. The van der Waals surface area contributed by atoms with Gasteiger partial charge in [-0.25, -0.2) is 0 Å². The normalized spacial score (nSPS) is 11.9. The minimum atomic E-state index is -0.181. The van der Waals surface area contributed by atoms with E-state index < -0.39 is 0 Å². The number of methoxy groups -OCH3 is 1. The molecule has 0 aliphatic rings. The van der Waals surface area contributed by atoms with Crippen LogP contribution < -0.4 is 19.6 Å². The van der Waals surface area contributed by atoms with Crippen molar-refractivity contribution in [2.45, 2.75) is 13.3 Å². The molecule has 0 radical (unpaired) electrons. The summed E-state index contributed by atoms with van der Waals surface area (Å²) in [6, 6.07) is 15.2. The Hall–Kier alpha value is -3.19. The molecule has 0 N–H and O–H groups in total. The highest BCUT2D eigenvalue weighted by Crippen LogP contribution is 2.27. The van der Waals surface area contributed by atoms with E-state index >= 15 is 0 Å². The van der Waals surface area contributed by atoms with Crippen LogP contribution in [0.3, 0.4) is 0 Å². The molecule has 2 aromatic carbocycles. The molecule has 0 amide bonds. The van der Waals surface area contributed by atoms with Crippen molar-refractivity contribution in [1.82, 2.24) is 14.6 Å². The monoisotopic (exact) mass is 393 g/mol. The van der Waals surface area contributed by atoms with E-state index in [4.69, 9.17) is 9.47 Å². The molecule has 6 nitrogen and oxygen atoms in total. The van der Waals surface area contributed by atoms with E-state index in [1.807, 2.05) is 54.6 Å². The van der Waals surface area contributed by atoms with E-state index in [2.05, 4.69) is 17.0 Å². The molecular weight excluding hydrogens is 374 g/mol. The second-order valence-corrected chi connectivity index (χ2v) is 7.17. The molecule has 0 aliphatic heterocycles. The molecule has 4 rings (SSSR count). The lowest BCUT2D eigenvalue weighted by atomic mass is 10.2. The van der Waals surface area contributed by atoms with E-state index in [-0.39, 0.29) is 5.56 Å². The fraction of sp³-hybridized carbons (Fsp3) is 0.190. The van der Waals surface area contributed by atoms with Crippen LogP contribution in [0, 0.1) is 0 Å². The van der Waals surface area contributed by atoms with Crippen molar-refractivity contribution in [2.75, 3.05) is 13.7 Å². The van der Waals surface area contributed by atoms with Crippen molar-refractivity contribution in [1.29, 1.82) is 0 Å². The molecule has 0 spiro atoms. The van der Waals surface area contributed by atoms with Gasteiger partial charge in [0.2, 0.25) is 4.96 Å². The Bertz CT molecular complexity index is 1210. The summed E-state index contributed by atoms with van der Waals surface area (Å²) < 4.78 is 12.9. The van der Waals surface area contributed by atoms with Crippen LogP contribution in [0.25, 0.3) is 22.4 Å². The zero-order chi connectivity index (χ0) is 19.5. The average molecular weight is 393 g/mol. The SMILES string of the molecule is CCCOc1ccc(C=c2sc3nc(-c4ccccc4OC)nn3c2=O)cc1. The number of rotatable bonds is 6. The maximum Gasteiger partial charge on any atom is 0.291 e. The summed E-state index contributed by atoms with van der Waals surface area (Å²) in [5.74, 6) is 1.97. The molecule has 7 heteroatoms. The summed E-state index contributed by atoms with van der Waals surface area (Å²) in [7, 11) is 1.60. The highest BCUT2D eigenvalue weighted by Gasteiger charge is 2.14. The third-order valence-corrected chi connectivity index (χ3v) is 5.14. The number of nitrogens with zero attached hydrogens (tertiary/aromatic N) is 3. The van der Waals surface area contributed by atoms with Gasteiger partial charge in [0.25, 0.3) is 5.56 Å². The lowest BCUT2D eigenvalue weighted by Crippen LogP contribution is -2.23. The summed E-state index contributed by atoms with van der Waals surface area (Å²) in [6.07, 6.45) is 2.81. The van der Waals surface area contributed by atoms with Crippen LogP contribution in [-0.4, -0.2) is 28.3 Å². The molecule has 2 aromatic heterocycles. The fourth-order valence-corrected chi connectivity index (χ4v) is 3.72. The van der Waals surface area contributed by atoms with Crippen LogP contribution in [0.2, 0.25) is 0 Å². The quantitative estimate of drug-likeness (QED) is 0.503. The largest absolute Gasteiger partial charge is 0.496 e. The first-order valence-electron chi connectivity index (χ1n) is 8.97. The van der Waals surface area contributed by atoms with Gasteiger partial charge in [0.15, 0.2) is 5.82 Å². The molecule has 4 aromatic rings. The summed E-state index contributed by atoms with van der Waals surface area (Å²) in [6.45, 7) is 2.76. The summed E-state index contributed by atoms with van der Waals surface area (Å²) in [5.41, 5.74) is 1.50. The number of fused-ring (bicyclic) bond motifs is 1. The van der Waals surface area contributed by atoms with Gasteiger partial charge in [-0.3, -0.25) is 4.79 Å². The van der Waals surface area contributed by atoms with Gasteiger partial charge >= 0.3 is 0 Å². The number of benzene rings is 2. The first-order chi connectivity index (χ1) is 13.7. The highest BCUT2D eigenvalue weighted by molar-refractivity contribution is 7.15. The first-order valence-corrected chi connectivity index (χ1v) is 9.79. The molecule has 0 unspecified atom stereocenters. The topological polar surface area (TPSA) is 65.7 Å². The highest BCUT2D eigenvalue weighted by atomic mass is 32.1. The zero-order valence-electron chi connectivity index (χ0n) is 15.6. The van der Waals surface area contributed by atoms with Gasteiger partial charge < -0.3 is 9.47 Å². The maximum atomic E-state index is 12.7. The summed E-state index contributed by atoms with van der Waals surface area (Å²) >= 11 is 1.31. The Labute approximate surface area is 165 Å². The lowest BCUT2D eigenvalue weighted by Gasteiger charge is -2.03. The summed E-state index contributed by atoms with van der Waals surface area (Å²) in [5, 5.41) is 4.38.